The highest BCUT2D eigenvalue weighted by atomic mass is 35.5. The summed E-state index contributed by atoms with van der Waals surface area (Å²) >= 11 is 12.7. The predicted molar refractivity (Wildman–Crippen MR) is 84.8 cm³/mol. The van der Waals surface area contributed by atoms with E-state index >= 15 is 0 Å². The van der Waals surface area contributed by atoms with E-state index in [1.165, 1.54) is 12.8 Å². The molecule has 112 valence electrons. The molecule has 3 nitrogen and oxygen atoms in total. The summed E-state index contributed by atoms with van der Waals surface area (Å²) in [6.45, 7) is 7.35. The summed E-state index contributed by atoms with van der Waals surface area (Å²) in [5.74, 6) is 1.21. The van der Waals surface area contributed by atoms with Crippen LogP contribution < -0.4 is 0 Å². The second-order valence-corrected chi connectivity index (χ2v) is 6.11. The van der Waals surface area contributed by atoms with Gasteiger partial charge in [-0.25, -0.2) is 9.97 Å². The highest BCUT2D eigenvalue weighted by molar-refractivity contribution is 6.34. The van der Waals surface area contributed by atoms with E-state index in [-0.39, 0.29) is 0 Å². The molecule has 1 fully saturated rings. The normalized spacial score (nSPS) is 16.2. The van der Waals surface area contributed by atoms with E-state index in [2.05, 4.69) is 28.7 Å². The molecule has 5 heteroatoms. The van der Waals surface area contributed by atoms with E-state index in [0.717, 1.165) is 50.3 Å². The van der Waals surface area contributed by atoms with Gasteiger partial charge in [-0.05, 0) is 31.8 Å². The van der Waals surface area contributed by atoms with Crippen molar-refractivity contribution in [3.8, 4) is 0 Å². The molecule has 1 aromatic rings. The van der Waals surface area contributed by atoms with Crippen molar-refractivity contribution in [2.45, 2.75) is 51.9 Å². The Morgan fingerprint density at radius 1 is 1.05 bits per heavy atom. The zero-order valence-corrected chi connectivity index (χ0v) is 13.8. The van der Waals surface area contributed by atoms with Gasteiger partial charge in [0.25, 0.3) is 0 Å². The molecule has 0 bridgehead atoms. The third-order valence-electron chi connectivity index (χ3n) is 4.21. The highest BCUT2D eigenvalue weighted by Gasteiger charge is 2.24. The Morgan fingerprint density at radius 2 is 1.60 bits per heavy atom. The summed E-state index contributed by atoms with van der Waals surface area (Å²) in [5.41, 5.74) is 0.970. The summed E-state index contributed by atoms with van der Waals surface area (Å²) in [4.78, 5) is 11.3. The first kappa shape index (κ1) is 16.0. The van der Waals surface area contributed by atoms with E-state index in [1.54, 1.807) is 0 Å². The average molecular weight is 316 g/mol. The van der Waals surface area contributed by atoms with E-state index < -0.39 is 0 Å². The molecule has 2 rings (SSSR count). The van der Waals surface area contributed by atoms with Gasteiger partial charge in [-0.1, -0.05) is 49.9 Å². The summed E-state index contributed by atoms with van der Waals surface area (Å²) < 4.78 is 0. The quantitative estimate of drug-likeness (QED) is 0.732. The first-order valence-electron chi connectivity index (χ1n) is 7.59. The van der Waals surface area contributed by atoms with Crippen LogP contribution in [-0.4, -0.2) is 34.5 Å². The minimum absolute atomic E-state index is 0.451. The van der Waals surface area contributed by atoms with Crippen molar-refractivity contribution in [1.82, 2.24) is 14.9 Å². The summed E-state index contributed by atoms with van der Waals surface area (Å²) in [6.07, 6.45) is 5.61. The van der Waals surface area contributed by atoms with Crippen molar-refractivity contribution in [2.75, 3.05) is 19.6 Å². The highest BCUT2D eigenvalue weighted by Crippen LogP contribution is 2.39. The zero-order valence-electron chi connectivity index (χ0n) is 12.3. The van der Waals surface area contributed by atoms with Crippen molar-refractivity contribution >= 4 is 23.2 Å². The van der Waals surface area contributed by atoms with Crippen LogP contribution in [0.1, 0.15) is 56.8 Å². The maximum absolute atomic E-state index is 6.35. The Hall–Kier alpha value is -0.380. The largest absolute Gasteiger partial charge is 0.303 e. The smallest absolute Gasteiger partial charge is 0.137 e. The number of hydrogen-bond donors (Lipinski definition) is 0. The lowest BCUT2D eigenvalue weighted by atomic mass is 10.0. The number of rotatable bonds is 6. The summed E-state index contributed by atoms with van der Waals surface area (Å²) in [5, 5.41) is 1.12. The topological polar surface area (TPSA) is 29.0 Å². The summed E-state index contributed by atoms with van der Waals surface area (Å²) in [7, 11) is 0. The van der Waals surface area contributed by atoms with Gasteiger partial charge >= 0.3 is 0 Å². The predicted octanol–water partition coefficient (Wildman–Crippen LogP) is 4.33. The molecule has 1 aliphatic carbocycles. The standard InChI is InChI=1S/C15H23Cl2N3/c1-3-20(4-2)10-9-12-18-14(16)13(15(17)19-12)11-7-5-6-8-11/h11H,3-10H2,1-2H3. The molecule has 0 N–H and O–H groups in total. The monoisotopic (exact) mass is 315 g/mol. The lowest BCUT2D eigenvalue weighted by Gasteiger charge is -2.18. The molecule has 0 amide bonds. The first-order chi connectivity index (χ1) is 9.65. The maximum atomic E-state index is 6.35. The van der Waals surface area contributed by atoms with Crippen LogP contribution in [0, 0.1) is 0 Å². The molecule has 0 spiro atoms. The Labute approximate surface area is 131 Å². The SMILES string of the molecule is CCN(CC)CCc1nc(Cl)c(C2CCCC2)c(Cl)n1. The first-order valence-corrected chi connectivity index (χ1v) is 8.35. The lowest BCUT2D eigenvalue weighted by Crippen LogP contribution is -2.26. The van der Waals surface area contributed by atoms with Crippen molar-refractivity contribution < 1.29 is 0 Å². The molecule has 0 atom stereocenters. The van der Waals surface area contributed by atoms with Crippen molar-refractivity contribution in [3.63, 3.8) is 0 Å². The molecule has 1 aromatic heterocycles. The minimum atomic E-state index is 0.451. The minimum Gasteiger partial charge on any atom is -0.303 e. The zero-order chi connectivity index (χ0) is 14.5. The Bertz CT molecular complexity index is 418. The molecule has 0 radical (unpaired) electrons. The molecular weight excluding hydrogens is 293 g/mol. The van der Waals surface area contributed by atoms with Crippen LogP contribution in [0.5, 0.6) is 0 Å². The van der Waals surface area contributed by atoms with E-state index in [9.17, 15) is 0 Å². The second kappa shape index (κ2) is 7.58. The van der Waals surface area contributed by atoms with Gasteiger partial charge < -0.3 is 4.90 Å². The summed E-state index contributed by atoms with van der Waals surface area (Å²) in [6, 6.07) is 0. The second-order valence-electron chi connectivity index (χ2n) is 5.39. The number of hydrogen-bond acceptors (Lipinski definition) is 3. The van der Waals surface area contributed by atoms with Gasteiger partial charge in [0.1, 0.15) is 16.1 Å². The molecule has 0 aromatic carbocycles. The number of halogens is 2. The van der Waals surface area contributed by atoms with Gasteiger partial charge in [0.2, 0.25) is 0 Å². The fraction of sp³-hybridized carbons (Fsp3) is 0.733. The van der Waals surface area contributed by atoms with Gasteiger partial charge in [-0.15, -0.1) is 0 Å². The van der Waals surface area contributed by atoms with E-state index in [0.29, 0.717) is 16.2 Å². The van der Waals surface area contributed by atoms with E-state index in [4.69, 9.17) is 23.2 Å². The van der Waals surface area contributed by atoms with E-state index in [1.807, 2.05) is 0 Å². The van der Waals surface area contributed by atoms with Gasteiger partial charge in [0, 0.05) is 18.5 Å². The third kappa shape index (κ3) is 3.84. The molecule has 0 aliphatic heterocycles. The fourth-order valence-electron chi connectivity index (χ4n) is 2.92. The van der Waals surface area contributed by atoms with Crippen LogP contribution in [0.25, 0.3) is 0 Å². The fourth-order valence-corrected chi connectivity index (χ4v) is 3.65. The van der Waals surface area contributed by atoms with Crippen LogP contribution in [0.4, 0.5) is 0 Å². The van der Waals surface area contributed by atoms with Crippen molar-refractivity contribution in [1.29, 1.82) is 0 Å². The molecule has 0 saturated heterocycles. The number of nitrogens with zero attached hydrogens (tertiary/aromatic N) is 3. The van der Waals surface area contributed by atoms with Crippen LogP contribution in [0.3, 0.4) is 0 Å². The molecule has 1 heterocycles. The van der Waals surface area contributed by atoms with Crippen LogP contribution in [0.2, 0.25) is 10.3 Å². The number of likely N-dealkylation sites (N-methyl/N-ethyl adjacent to an activating group) is 1. The number of aromatic nitrogens is 2. The van der Waals surface area contributed by atoms with Crippen LogP contribution >= 0.6 is 23.2 Å². The van der Waals surface area contributed by atoms with Crippen molar-refractivity contribution in [3.05, 3.63) is 21.7 Å². The van der Waals surface area contributed by atoms with Crippen LogP contribution in [-0.2, 0) is 6.42 Å². The maximum Gasteiger partial charge on any atom is 0.137 e. The molecule has 1 aliphatic rings. The van der Waals surface area contributed by atoms with Gasteiger partial charge in [0.05, 0.1) is 0 Å². The Kier molecular flexibility index (Phi) is 6.06. The molecule has 1 saturated carbocycles. The molecule has 20 heavy (non-hydrogen) atoms. The average Bonchev–Trinajstić information content (AvgIpc) is 2.93. The Morgan fingerprint density at radius 3 is 2.10 bits per heavy atom. The third-order valence-corrected chi connectivity index (χ3v) is 4.78. The van der Waals surface area contributed by atoms with Crippen LogP contribution in [0.15, 0.2) is 0 Å². The lowest BCUT2D eigenvalue weighted by molar-refractivity contribution is 0.305. The molecular formula is C15H23Cl2N3. The van der Waals surface area contributed by atoms with Gasteiger partial charge in [0.15, 0.2) is 0 Å². The Balaban J connectivity index is 2.09. The van der Waals surface area contributed by atoms with Gasteiger partial charge in [-0.3, -0.25) is 0 Å². The van der Waals surface area contributed by atoms with Gasteiger partial charge in [-0.2, -0.15) is 0 Å². The molecule has 0 unspecified atom stereocenters. The van der Waals surface area contributed by atoms with Crippen molar-refractivity contribution in [2.24, 2.45) is 0 Å².